The maximum absolute atomic E-state index is 12.8. The molecule has 3 nitrogen and oxygen atoms in total. The Hall–Kier alpha value is -2.34. The summed E-state index contributed by atoms with van der Waals surface area (Å²) in [5.41, 5.74) is 6.05. The average molecular weight is 306 g/mol. The summed E-state index contributed by atoms with van der Waals surface area (Å²) < 4.78 is 38.5. The molecule has 0 aliphatic carbocycles. The minimum atomic E-state index is -4.45. The number of carbonyl (C=O) groups excluding carboxylic acids is 1. The number of hydrogen-bond donors (Lipinski definition) is 1. The Morgan fingerprint density at radius 3 is 2.32 bits per heavy atom. The number of hydrogen-bond acceptors (Lipinski definition) is 2. The van der Waals surface area contributed by atoms with Crippen LogP contribution in [0.2, 0.25) is 0 Å². The van der Waals surface area contributed by atoms with Crippen molar-refractivity contribution in [3.63, 3.8) is 0 Å². The lowest BCUT2D eigenvalue weighted by atomic mass is 9.88. The van der Waals surface area contributed by atoms with Gasteiger partial charge >= 0.3 is 6.18 Å². The Morgan fingerprint density at radius 1 is 1.00 bits per heavy atom. The Balaban J connectivity index is 1.98. The highest BCUT2D eigenvalue weighted by Gasteiger charge is 2.47. The van der Waals surface area contributed by atoms with Gasteiger partial charge in [-0.15, -0.1) is 0 Å². The van der Waals surface area contributed by atoms with Crippen LogP contribution < -0.4 is 10.6 Å². The lowest BCUT2D eigenvalue weighted by Crippen LogP contribution is -2.63. The van der Waals surface area contributed by atoms with Crippen molar-refractivity contribution in [2.75, 3.05) is 4.90 Å². The van der Waals surface area contributed by atoms with E-state index in [9.17, 15) is 18.0 Å². The molecule has 2 aromatic carbocycles. The van der Waals surface area contributed by atoms with E-state index in [1.807, 2.05) is 6.07 Å². The molecule has 1 aliphatic rings. The first kappa shape index (κ1) is 14.6. The summed E-state index contributed by atoms with van der Waals surface area (Å²) in [6, 6.07) is 12.6. The van der Waals surface area contributed by atoms with Crippen LogP contribution in [0.15, 0.2) is 54.6 Å². The second-order valence-electron chi connectivity index (χ2n) is 5.14. The Morgan fingerprint density at radius 2 is 1.68 bits per heavy atom. The first-order valence-corrected chi connectivity index (χ1v) is 6.70. The number of amides is 1. The van der Waals surface area contributed by atoms with Crippen molar-refractivity contribution >= 4 is 11.6 Å². The highest BCUT2D eigenvalue weighted by Crippen LogP contribution is 2.40. The van der Waals surface area contributed by atoms with Crippen molar-refractivity contribution in [2.45, 2.75) is 18.3 Å². The standard InChI is InChI=1S/C16H13F3N2O/c17-16(18,19)11-7-4-8-12(9-11)21-14(13(20)15(21)22)10-5-2-1-3-6-10/h1-9,13-14H,20H2/t13-,14+/m1/s1. The summed E-state index contributed by atoms with van der Waals surface area (Å²) in [7, 11) is 0. The van der Waals surface area contributed by atoms with E-state index in [2.05, 4.69) is 0 Å². The van der Waals surface area contributed by atoms with Crippen LogP contribution in [-0.4, -0.2) is 11.9 Å². The molecule has 0 radical (unpaired) electrons. The number of carbonyl (C=O) groups is 1. The molecular formula is C16H13F3N2O. The third-order valence-electron chi connectivity index (χ3n) is 3.73. The molecule has 0 aromatic heterocycles. The molecule has 1 saturated heterocycles. The summed E-state index contributed by atoms with van der Waals surface area (Å²) in [5, 5.41) is 0. The lowest BCUT2D eigenvalue weighted by Gasteiger charge is -2.45. The van der Waals surface area contributed by atoms with Gasteiger partial charge < -0.3 is 10.6 Å². The predicted octanol–water partition coefficient (Wildman–Crippen LogP) is 3.12. The van der Waals surface area contributed by atoms with E-state index >= 15 is 0 Å². The van der Waals surface area contributed by atoms with Gasteiger partial charge in [0.15, 0.2) is 0 Å². The van der Waals surface area contributed by atoms with E-state index in [4.69, 9.17) is 5.73 Å². The van der Waals surface area contributed by atoms with Crippen molar-refractivity contribution in [1.82, 2.24) is 0 Å². The number of nitrogens with zero attached hydrogens (tertiary/aromatic N) is 1. The van der Waals surface area contributed by atoms with Crippen LogP contribution in [0.1, 0.15) is 17.2 Å². The molecule has 1 amide bonds. The summed E-state index contributed by atoms with van der Waals surface area (Å²) in [6.07, 6.45) is -4.45. The molecule has 0 bridgehead atoms. The molecule has 0 spiro atoms. The monoisotopic (exact) mass is 306 g/mol. The first-order chi connectivity index (χ1) is 10.4. The van der Waals surface area contributed by atoms with Gasteiger partial charge in [-0.25, -0.2) is 0 Å². The fourth-order valence-corrected chi connectivity index (χ4v) is 2.64. The van der Waals surface area contributed by atoms with E-state index in [0.717, 1.165) is 17.7 Å². The van der Waals surface area contributed by atoms with Gasteiger partial charge in [0.25, 0.3) is 0 Å². The van der Waals surface area contributed by atoms with Crippen LogP contribution in [0.5, 0.6) is 0 Å². The van der Waals surface area contributed by atoms with Gasteiger partial charge in [0.2, 0.25) is 5.91 Å². The summed E-state index contributed by atoms with van der Waals surface area (Å²) in [6.45, 7) is 0. The first-order valence-electron chi connectivity index (χ1n) is 6.70. The Labute approximate surface area is 125 Å². The topological polar surface area (TPSA) is 46.3 Å². The van der Waals surface area contributed by atoms with E-state index in [1.165, 1.54) is 17.0 Å². The van der Waals surface area contributed by atoms with E-state index < -0.39 is 23.8 Å². The van der Waals surface area contributed by atoms with Gasteiger partial charge in [0, 0.05) is 5.69 Å². The fraction of sp³-hybridized carbons (Fsp3) is 0.188. The minimum absolute atomic E-state index is 0.204. The third kappa shape index (κ3) is 2.35. The molecule has 1 heterocycles. The summed E-state index contributed by atoms with van der Waals surface area (Å²) >= 11 is 0. The molecule has 1 aliphatic heterocycles. The molecular weight excluding hydrogens is 293 g/mol. The number of benzene rings is 2. The van der Waals surface area contributed by atoms with Gasteiger partial charge in [-0.3, -0.25) is 4.79 Å². The Kier molecular flexibility index (Phi) is 3.41. The summed E-state index contributed by atoms with van der Waals surface area (Å²) in [4.78, 5) is 13.3. The van der Waals surface area contributed by atoms with Crippen molar-refractivity contribution in [3.8, 4) is 0 Å². The lowest BCUT2D eigenvalue weighted by molar-refractivity contribution is -0.137. The molecule has 3 rings (SSSR count). The van der Waals surface area contributed by atoms with Gasteiger partial charge in [-0.2, -0.15) is 13.2 Å². The molecule has 2 N–H and O–H groups in total. The molecule has 1 fully saturated rings. The Bertz CT molecular complexity index is 700. The van der Waals surface area contributed by atoms with Crippen molar-refractivity contribution in [1.29, 1.82) is 0 Å². The van der Waals surface area contributed by atoms with Crippen LogP contribution in [0.3, 0.4) is 0 Å². The molecule has 0 saturated carbocycles. The van der Waals surface area contributed by atoms with E-state index in [-0.39, 0.29) is 11.6 Å². The second kappa shape index (κ2) is 5.14. The van der Waals surface area contributed by atoms with Crippen molar-refractivity contribution in [2.24, 2.45) is 5.73 Å². The van der Waals surface area contributed by atoms with E-state index in [1.54, 1.807) is 24.3 Å². The number of rotatable bonds is 2. The third-order valence-corrected chi connectivity index (χ3v) is 3.73. The predicted molar refractivity (Wildman–Crippen MR) is 76.1 cm³/mol. The molecule has 2 atom stereocenters. The van der Waals surface area contributed by atoms with Crippen molar-refractivity contribution in [3.05, 3.63) is 65.7 Å². The van der Waals surface area contributed by atoms with Crippen molar-refractivity contribution < 1.29 is 18.0 Å². The smallest absolute Gasteiger partial charge is 0.318 e. The highest BCUT2D eigenvalue weighted by atomic mass is 19.4. The molecule has 0 unspecified atom stereocenters. The molecule has 22 heavy (non-hydrogen) atoms. The normalized spacial score (nSPS) is 21.6. The number of nitrogens with two attached hydrogens (primary N) is 1. The highest BCUT2D eigenvalue weighted by molar-refractivity contribution is 6.05. The number of halogens is 3. The minimum Gasteiger partial charge on any atom is -0.318 e. The van der Waals surface area contributed by atoms with E-state index in [0.29, 0.717) is 0 Å². The maximum atomic E-state index is 12.8. The SMILES string of the molecule is N[C@H]1C(=O)N(c2cccc(C(F)(F)F)c2)[C@H]1c1ccccc1. The number of anilines is 1. The van der Waals surface area contributed by atoms with Gasteiger partial charge in [0.05, 0.1) is 11.6 Å². The zero-order valence-electron chi connectivity index (χ0n) is 11.4. The van der Waals surface area contributed by atoms with Gasteiger partial charge in [0.1, 0.15) is 6.04 Å². The van der Waals surface area contributed by atoms with Gasteiger partial charge in [-0.1, -0.05) is 36.4 Å². The van der Waals surface area contributed by atoms with Crippen LogP contribution in [-0.2, 0) is 11.0 Å². The quantitative estimate of drug-likeness (QED) is 0.867. The number of alkyl halides is 3. The second-order valence-corrected chi connectivity index (χ2v) is 5.14. The van der Waals surface area contributed by atoms with Crippen LogP contribution >= 0.6 is 0 Å². The van der Waals surface area contributed by atoms with Crippen LogP contribution in [0.4, 0.5) is 18.9 Å². The summed E-state index contributed by atoms with van der Waals surface area (Å²) in [5.74, 6) is -0.381. The maximum Gasteiger partial charge on any atom is 0.416 e. The molecule has 6 heteroatoms. The largest absolute Gasteiger partial charge is 0.416 e. The fourth-order valence-electron chi connectivity index (χ4n) is 2.64. The molecule has 2 aromatic rings. The van der Waals surface area contributed by atoms with Gasteiger partial charge in [-0.05, 0) is 23.8 Å². The number of β-lactam (4-membered cyclic amide) rings is 1. The van der Waals surface area contributed by atoms with Crippen LogP contribution in [0.25, 0.3) is 0 Å². The average Bonchev–Trinajstić information content (AvgIpc) is 2.51. The van der Waals surface area contributed by atoms with Crippen LogP contribution in [0, 0.1) is 0 Å². The zero-order chi connectivity index (χ0) is 15.9. The molecule has 114 valence electrons. The zero-order valence-corrected chi connectivity index (χ0v) is 11.4.